The van der Waals surface area contributed by atoms with Gasteiger partial charge in [0, 0.05) is 70.8 Å². The number of rotatable bonds is 25. The van der Waals surface area contributed by atoms with Gasteiger partial charge < -0.3 is 59.7 Å². The highest BCUT2D eigenvalue weighted by atomic mass is 35.5. The lowest BCUT2D eigenvalue weighted by atomic mass is 9.78. The van der Waals surface area contributed by atoms with Crippen molar-refractivity contribution >= 4 is 70.5 Å². The van der Waals surface area contributed by atoms with Gasteiger partial charge >= 0.3 is 23.9 Å². The maximum absolute atomic E-state index is 14.5. The minimum absolute atomic E-state index is 0.00771. The van der Waals surface area contributed by atoms with Crippen LogP contribution in [-0.2, 0) is 70.1 Å². The molecule has 4 aliphatic rings. The van der Waals surface area contributed by atoms with E-state index in [1.54, 1.807) is 57.3 Å². The Kier molecular flexibility index (Phi) is 24.5. The fourth-order valence-corrected chi connectivity index (χ4v) is 11.7. The largest absolute Gasteiger partial charge is 0.495 e. The number of urea groups is 1. The predicted octanol–water partition coefficient (Wildman–Crippen LogP) is 7.26. The number of likely N-dealkylation sites (N-methyl/N-ethyl adjacent to an activating group) is 1. The van der Waals surface area contributed by atoms with Crippen LogP contribution in [0.25, 0.3) is 0 Å². The monoisotopic (exact) mass is 1220 g/mol. The molecule has 4 bridgehead atoms. The second kappa shape index (κ2) is 30.8. The summed E-state index contributed by atoms with van der Waals surface area (Å²) in [6, 6.07) is 6.79. The highest BCUT2D eigenvalue weighted by Gasteiger charge is 2.64. The van der Waals surface area contributed by atoms with E-state index in [0.717, 1.165) is 30.4 Å². The number of nitrogens with two attached hydrogens (primary N) is 1. The highest BCUT2D eigenvalue weighted by molar-refractivity contribution is 6.35. The molecule has 5 N–H and O–H groups in total. The van der Waals surface area contributed by atoms with Crippen molar-refractivity contribution in [1.82, 2.24) is 15.5 Å². The number of nitrogens with zero attached hydrogens (tertiary/aromatic N) is 2. The van der Waals surface area contributed by atoms with E-state index < -0.39 is 102 Å². The van der Waals surface area contributed by atoms with E-state index >= 15 is 0 Å². The molecule has 3 fully saturated rings. The molecule has 0 radical (unpaired) electrons. The van der Waals surface area contributed by atoms with Gasteiger partial charge in [-0.05, 0) is 113 Å². The molecular weight excluding hydrogens is 1130 g/mol. The Morgan fingerprint density at radius 3 is 2.35 bits per heavy atom. The Balaban J connectivity index is 1.14. The first-order valence-electron chi connectivity index (χ1n) is 29.9. The molecule has 6 rings (SSSR count). The lowest BCUT2D eigenvalue weighted by Crippen LogP contribution is -2.53. The van der Waals surface area contributed by atoms with Crippen molar-refractivity contribution in [1.29, 1.82) is 0 Å². The SMILES string of the molecule is COc1cc2cc(c1Cl)N(C)C(=O)C[C@H](OC(=O)[C@H](C)N(C)C(=O)c1ccc(CC(=O)[C@H](CCCNC(N)=O)NC(=O)[C@@H](CC(=O)CCCCCOC(=O)C3CCC3)C(C)C)cc1)[C@]1(C)O[C@H]1[C@H](C)[C@@H]1C[C@@](O)(CC(=O)O1)[C@H](OC)/C=C/C=C(\C)C2. The molecule has 10 atom stereocenters. The number of Topliss-reactive ketones (excluding diaryl/α,β-unsaturated/α-hetero) is 2. The summed E-state index contributed by atoms with van der Waals surface area (Å²) in [5, 5.41) is 17.6. The van der Waals surface area contributed by atoms with Gasteiger partial charge in [-0.1, -0.05) is 74.7 Å². The molecule has 2 aromatic carbocycles. The molecule has 0 spiro atoms. The van der Waals surface area contributed by atoms with Crippen molar-refractivity contribution in [3.63, 3.8) is 0 Å². The summed E-state index contributed by atoms with van der Waals surface area (Å²) in [4.78, 5) is 123. The van der Waals surface area contributed by atoms with Gasteiger partial charge in [0.25, 0.3) is 5.91 Å². The van der Waals surface area contributed by atoms with E-state index in [9.17, 15) is 48.3 Å². The van der Waals surface area contributed by atoms with Gasteiger partial charge in [-0.25, -0.2) is 9.59 Å². The zero-order valence-corrected chi connectivity index (χ0v) is 52.2. The third kappa shape index (κ3) is 18.0. The van der Waals surface area contributed by atoms with Crippen LogP contribution in [0, 0.1) is 23.7 Å². The molecule has 3 heterocycles. The number of ketones is 2. The summed E-state index contributed by atoms with van der Waals surface area (Å²) < 4.78 is 35.2. The summed E-state index contributed by atoms with van der Waals surface area (Å²) in [7, 11) is 5.88. The number of ether oxygens (including phenoxy) is 6. The molecule has 0 aromatic heterocycles. The Morgan fingerprint density at radius 1 is 1.00 bits per heavy atom. The summed E-state index contributed by atoms with van der Waals surface area (Å²) in [5.74, 6) is -4.82. The smallest absolute Gasteiger partial charge is 0.328 e. The number of amides is 5. The normalized spacial score (nSPS) is 25.3. The lowest BCUT2D eigenvalue weighted by Gasteiger charge is -2.41. The third-order valence-electron chi connectivity index (χ3n) is 17.3. The van der Waals surface area contributed by atoms with Crippen molar-refractivity contribution in [2.45, 2.75) is 186 Å². The van der Waals surface area contributed by atoms with Gasteiger partial charge in [0.15, 0.2) is 5.78 Å². The Bertz CT molecular complexity index is 2860. The standard InChI is InChI=1S/C64H88ClN5O16/c1-37(2)46(33-45(71)20-12-11-13-28-83-61(78)44-18-15-19-44)58(75)68-47(21-16-27-67-62(66)79)49(72)31-41-23-25-43(26-24-41)59(76)69(7)40(5)60(77)85-53-34-54(73)70(8)48-30-42(32-50(81-9)56(48)65)29-38(3)17-14-22-52(82-10)64(80)35-51(84-55(74)36-64)39(4)57-63(53,6)86-57/h14,17,22-26,30,32,37,39-40,44,46-47,51-53,57,80H,11-13,15-16,18-21,27-29,31,33-36H2,1-10H3,(H,68,75)(H3,66,67,79)/b22-14+,38-17+/t39-,40+,46+,47+,51+,52-,53+,57+,63+,64-/m1/s1. The maximum Gasteiger partial charge on any atom is 0.328 e. The highest BCUT2D eigenvalue weighted by Crippen LogP contribution is 2.50. The van der Waals surface area contributed by atoms with Crippen LogP contribution in [0.2, 0.25) is 5.02 Å². The van der Waals surface area contributed by atoms with Gasteiger partial charge in [-0.3, -0.25) is 33.6 Å². The van der Waals surface area contributed by atoms with Gasteiger partial charge in [-0.15, -0.1) is 0 Å². The molecule has 1 aliphatic carbocycles. The number of carbonyl (C=O) groups excluding carboxylic acids is 9. The second-order valence-corrected chi connectivity index (χ2v) is 24.5. The number of halogens is 1. The fourth-order valence-electron chi connectivity index (χ4n) is 11.3. The number of anilines is 1. The Labute approximate surface area is 509 Å². The number of methoxy groups -OCH3 is 2. The topological polar surface area (TPSA) is 289 Å². The molecule has 3 aliphatic heterocycles. The molecule has 0 unspecified atom stereocenters. The summed E-state index contributed by atoms with van der Waals surface area (Å²) in [6.07, 6.45) is 6.44. The predicted molar refractivity (Wildman–Crippen MR) is 320 cm³/mol. The van der Waals surface area contributed by atoms with E-state index in [0.29, 0.717) is 55.7 Å². The minimum Gasteiger partial charge on any atom is -0.495 e. The number of primary amides is 1. The number of carbonyl (C=O) groups is 9. The van der Waals surface area contributed by atoms with Crippen molar-refractivity contribution in [2.75, 3.05) is 46.4 Å². The number of hydrogen-bond donors (Lipinski definition) is 4. The van der Waals surface area contributed by atoms with E-state index in [-0.39, 0.29) is 85.0 Å². The van der Waals surface area contributed by atoms with Crippen molar-refractivity contribution in [3.05, 3.63) is 81.9 Å². The quantitative estimate of drug-likeness (QED) is 0.0329. The third-order valence-corrected chi connectivity index (χ3v) is 17.7. The summed E-state index contributed by atoms with van der Waals surface area (Å²) >= 11 is 6.86. The van der Waals surface area contributed by atoms with Crippen LogP contribution < -0.4 is 26.0 Å². The van der Waals surface area contributed by atoms with E-state index in [4.69, 9.17) is 45.8 Å². The van der Waals surface area contributed by atoms with Crippen LogP contribution in [0.3, 0.4) is 0 Å². The summed E-state index contributed by atoms with van der Waals surface area (Å²) in [6.45, 7) is 11.0. The van der Waals surface area contributed by atoms with Crippen LogP contribution in [0.5, 0.6) is 5.75 Å². The van der Waals surface area contributed by atoms with Gasteiger partial charge in [0.05, 0.1) is 50.3 Å². The Hall–Kier alpha value is -6.68. The van der Waals surface area contributed by atoms with E-state index in [2.05, 4.69) is 10.6 Å². The van der Waals surface area contributed by atoms with E-state index in [1.165, 1.54) is 50.1 Å². The van der Waals surface area contributed by atoms with Crippen molar-refractivity contribution in [3.8, 4) is 5.75 Å². The Morgan fingerprint density at radius 2 is 1.71 bits per heavy atom. The number of nitrogens with one attached hydrogen (secondary N) is 2. The van der Waals surface area contributed by atoms with Gasteiger partial charge in [-0.2, -0.15) is 0 Å². The first kappa shape index (κ1) is 68.4. The lowest BCUT2D eigenvalue weighted by molar-refractivity contribution is -0.187. The van der Waals surface area contributed by atoms with Crippen molar-refractivity contribution < 1.29 is 76.7 Å². The molecule has 21 nitrogen and oxygen atoms in total. The van der Waals surface area contributed by atoms with Crippen molar-refractivity contribution in [2.24, 2.45) is 29.4 Å². The molecule has 2 saturated heterocycles. The zero-order chi connectivity index (χ0) is 63.2. The summed E-state index contributed by atoms with van der Waals surface area (Å²) in [5.41, 5.74) is 4.98. The molecule has 86 heavy (non-hydrogen) atoms. The van der Waals surface area contributed by atoms with Gasteiger partial charge in [0.2, 0.25) is 11.8 Å². The molecule has 5 amide bonds. The van der Waals surface area contributed by atoms with Crippen LogP contribution in [0.1, 0.15) is 146 Å². The van der Waals surface area contributed by atoms with Crippen LogP contribution in [0.15, 0.2) is 60.2 Å². The van der Waals surface area contributed by atoms with E-state index in [1.807, 2.05) is 26.8 Å². The molecule has 22 heteroatoms. The van der Waals surface area contributed by atoms with Crippen LogP contribution in [0.4, 0.5) is 10.5 Å². The molecule has 472 valence electrons. The molecule has 2 aromatic rings. The number of aliphatic hydroxyl groups is 1. The number of hydrogen-bond acceptors (Lipinski definition) is 16. The number of esters is 3. The molecular formula is C64H88ClN5O16. The van der Waals surface area contributed by atoms with Crippen LogP contribution in [-0.4, -0.2) is 152 Å². The maximum atomic E-state index is 14.5. The number of fused-ring (bicyclic) bond motifs is 5. The second-order valence-electron chi connectivity index (χ2n) is 24.2. The number of epoxide rings is 1. The first-order valence-corrected chi connectivity index (χ1v) is 30.3. The van der Waals surface area contributed by atoms with Crippen LogP contribution >= 0.6 is 11.6 Å². The average Bonchev–Trinajstić information content (AvgIpc) is 1.62. The average molecular weight is 1220 g/mol. The first-order chi connectivity index (χ1) is 40.7. The number of benzene rings is 2. The number of unbranched alkanes of at least 4 members (excludes halogenated alkanes) is 2. The van der Waals surface area contributed by atoms with Gasteiger partial charge in [0.1, 0.15) is 52.1 Å². The fraction of sp³-hybridized carbons (Fsp3) is 0.609. The minimum atomic E-state index is -1.66. The number of allylic oxidation sites excluding steroid dienone is 3. The zero-order valence-electron chi connectivity index (χ0n) is 51.4. The molecule has 1 saturated carbocycles.